The maximum Gasteiger partial charge on any atom is 0.133 e. The Morgan fingerprint density at radius 2 is 1.80 bits per heavy atom. The third-order valence-corrected chi connectivity index (χ3v) is 6.90. The van der Waals surface area contributed by atoms with Gasteiger partial charge < -0.3 is 0 Å². The van der Waals surface area contributed by atoms with Crippen LogP contribution in [0.1, 0.15) is 56.2 Å². The van der Waals surface area contributed by atoms with E-state index in [1.165, 1.54) is 43.4 Å². The molecule has 0 spiro atoms. The van der Waals surface area contributed by atoms with Gasteiger partial charge in [0.1, 0.15) is 5.78 Å². The second-order valence-electron chi connectivity index (χ2n) is 7.71. The summed E-state index contributed by atoms with van der Waals surface area (Å²) in [5.74, 6) is 3.42. The van der Waals surface area contributed by atoms with Gasteiger partial charge in [-0.15, -0.1) is 11.3 Å². The minimum atomic E-state index is 0.432. The van der Waals surface area contributed by atoms with Crippen molar-refractivity contribution in [3.63, 3.8) is 0 Å². The van der Waals surface area contributed by atoms with E-state index in [2.05, 4.69) is 17.5 Å². The number of aryl methyl sites for hydroxylation is 1. The van der Waals surface area contributed by atoms with Crippen LogP contribution in [0.5, 0.6) is 0 Å². The van der Waals surface area contributed by atoms with Gasteiger partial charge in [0, 0.05) is 17.7 Å². The second kappa shape index (κ2) is 4.98. The molecule has 0 unspecified atom stereocenters. The topological polar surface area (TPSA) is 17.1 Å². The zero-order chi connectivity index (χ0) is 13.6. The monoisotopic (exact) mass is 288 g/mol. The van der Waals surface area contributed by atoms with E-state index in [0.717, 1.165) is 37.0 Å². The SMILES string of the molecule is O=C(CCc1cccs1)CC12CC3CC(CC(C3)C1)C2. The van der Waals surface area contributed by atoms with Gasteiger partial charge in [-0.05, 0) is 79.6 Å². The summed E-state index contributed by atoms with van der Waals surface area (Å²) in [6.45, 7) is 0. The van der Waals surface area contributed by atoms with E-state index in [4.69, 9.17) is 0 Å². The van der Waals surface area contributed by atoms with Crippen LogP contribution in [-0.4, -0.2) is 5.78 Å². The van der Waals surface area contributed by atoms with Gasteiger partial charge >= 0.3 is 0 Å². The fourth-order valence-corrected chi connectivity index (χ4v) is 6.44. The van der Waals surface area contributed by atoms with E-state index in [1.54, 1.807) is 11.3 Å². The molecule has 4 bridgehead atoms. The molecule has 0 N–H and O–H groups in total. The van der Waals surface area contributed by atoms with Crippen LogP contribution < -0.4 is 0 Å². The molecule has 20 heavy (non-hydrogen) atoms. The molecule has 4 fully saturated rings. The molecule has 0 radical (unpaired) electrons. The lowest BCUT2D eigenvalue weighted by atomic mass is 9.48. The highest BCUT2D eigenvalue weighted by Gasteiger charge is 2.51. The highest BCUT2D eigenvalue weighted by molar-refractivity contribution is 7.09. The third kappa shape index (κ3) is 2.47. The molecular formula is C18H24OS. The van der Waals surface area contributed by atoms with Crippen LogP contribution in [0.15, 0.2) is 17.5 Å². The molecule has 1 aromatic heterocycles. The molecule has 0 amide bonds. The van der Waals surface area contributed by atoms with Crippen LogP contribution >= 0.6 is 11.3 Å². The molecule has 4 saturated carbocycles. The second-order valence-corrected chi connectivity index (χ2v) is 8.74. The zero-order valence-electron chi connectivity index (χ0n) is 12.1. The summed E-state index contributed by atoms with van der Waals surface area (Å²) in [6, 6.07) is 4.24. The average Bonchev–Trinajstić information content (AvgIpc) is 2.87. The largest absolute Gasteiger partial charge is 0.300 e. The molecule has 1 nitrogen and oxygen atoms in total. The summed E-state index contributed by atoms with van der Waals surface area (Å²) in [5.41, 5.74) is 0.432. The molecule has 0 aromatic carbocycles. The number of rotatable bonds is 5. The van der Waals surface area contributed by atoms with E-state index >= 15 is 0 Å². The summed E-state index contributed by atoms with van der Waals surface area (Å²) < 4.78 is 0. The molecule has 5 rings (SSSR count). The Morgan fingerprint density at radius 1 is 1.15 bits per heavy atom. The van der Waals surface area contributed by atoms with Crippen molar-refractivity contribution in [2.24, 2.45) is 23.2 Å². The van der Waals surface area contributed by atoms with Crippen LogP contribution in [-0.2, 0) is 11.2 Å². The fourth-order valence-electron chi connectivity index (χ4n) is 5.73. The fraction of sp³-hybridized carbons (Fsp3) is 0.722. The predicted octanol–water partition coefficient (Wildman–Crippen LogP) is 4.86. The molecule has 1 heterocycles. The lowest BCUT2D eigenvalue weighted by Crippen LogP contribution is -2.46. The maximum absolute atomic E-state index is 12.4. The maximum atomic E-state index is 12.4. The van der Waals surface area contributed by atoms with Gasteiger partial charge in [-0.2, -0.15) is 0 Å². The number of ketones is 1. The van der Waals surface area contributed by atoms with Crippen LogP contribution in [0.4, 0.5) is 0 Å². The summed E-state index contributed by atoms with van der Waals surface area (Å²) >= 11 is 1.78. The van der Waals surface area contributed by atoms with E-state index in [-0.39, 0.29) is 0 Å². The molecule has 4 aliphatic carbocycles. The number of carbonyl (C=O) groups is 1. The number of hydrogen-bond acceptors (Lipinski definition) is 2. The molecule has 4 aliphatic rings. The van der Waals surface area contributed by atoms with Crippen molar-refractivity contribution >= 4 is 17.1 Å². The number of carbonyl (C=O) groups excluding carboxylic acids is 1. The molecule has 1 aromatic rings. The van der Waals surface area contributed by atoms with E-state index in [1.807, 2.05) is 0 Å². The molecule has 2 heteroatoms. The molecule has 0 aliphatic heterocycles. The lowest BCUT2D eigenvalue weighted by Gasteiger charge is -2.56. The molecular weight excluding hydrogens is 264 g/mol. The van der Waals surface area contributed by atoms with Crippen LogP contribution in [0.3, 0.4) is 0 Å². The standard InChI is InChI=1S/C18H24OS/c19-16(3-4-17-2-1-5-20-17)12-18-9-13-6-14(10-18)8-15(7-13)11-18/h1-2,5,13-15H,3-4,6-12H2. The Morgan fingerprint density at radius 3 is 2.35 bits per heavy atom. The summed E-state index contributed by atoms with van der Waals surface area (Å²) in [6.07, 6.45) is 11.1. The van der Waals surface area contributed by atoms with Crippen molar-refractivity contribution in [1.82, 2.24) is 0 Å². The molecule has 0 saturated heterocycles. The van der Waals surface area contributed by atoms with Crippen molar-refractivity contribution in [1.29, 1.82) is 0 Å². The van der Waals surface area contributed by atoms with E-state index < -0.39 is 0 Å². The normalized spacial score (nSPS) is 38.3. The van der Waals surface area contributed by atoms with E-state index in [0.29, 0.717) is 11.2 Å². The summed E-state index contributed by atoms with van der Waals surface area (Å²) in [4.78, 5) is 13.8. The first kappa shape index (κ1) is 13.1. The Balaban J connectivity index is 1.37. The quantitative estimate of drug-likeness (QED) is 0.756. The molecule has 108 valence electrons. The van der Waals surface area contributed by atoms with Gasteiger partial charge in [0.25, 0.3) is 0 Å². The predicted molar refractivity (Wildman–Crippen MR) is 82.9 cm³/mol. The Hall–Kier alpha value is -0.630. The van der Waals surface area contributed by atoms with Crippen molar-refractivity contribution in [2.75, 3.05) is 0 Å². The first-order valence-corrected chi connectivity index (χ1v) is 9.13. The number of Topliss-reactive ketones (excluding diaryl/α,β-unsaturated/α-hetero) is 1. The molecule has 0 atom stereocenters. The number of thiophene rings is 1. The Bertz CT molecular complexity index is 452. The summed E-state index contributed by atoms with van der Waals surface area (Å²) in [5, 5.41) is 2.11. The van der Waals surface area contributed by atoms with Crippen molar-refractivity contribution in [3.8, 4) is 0 Å². The average molecular weight is 288 g/mol. The zero-order valence-corrected chi connectivity index (χ0v) is 13.0. The highest BCUT2D eigenvalue weighted by Crippen LogP contribution is 2.61. The van der Waals surface area contributed by atoms with Gasteiger partial charge in [-0.25, -0.2) is 0 Å². The minimum absolute atomic E-state index is 0.432. The van der Waals surface area contributed by atoms with Crippen molar-refractivity contribution in [2.45, 2.75) is 57.8 Å². The van der Waals surface area contributed by atoms with Gasteiger partial charge in [0.05, 0.1) is 0 Å². The van der Waals surface area contributed by atoms with E-state index in [9.17, 15) is 4.79 Å². The van der Waals surface area contributed by atoms with Crippen molar-refractivity contribution < 1.29 is 4.79 Å². The van der Waals surface area contributed by atoms with Gasteiger partial charge in [-0.3, -0.25) is 4.79 Å². The van der Waals surface area contributed by atoms with Gasteiger partial charge in [0.2, 0.25) is 0 Å². The van der Waals surface area contributed by atoms with Crippen LogP contribution in [0.2, 0.25) is 0 Å². The third-order valence-electron chi connectivity index (χ3n) is 5.97. The van der Waals surface area contributed by atoms with Crippen LogP contribution in [0.25, 0.3) is 0 Å². The van der Waals surface area contributed by atoms with Gasteiger partial charge in [0.15, 0.2) is 0 Å². The van der Waals surface area contributed by atoms with Crippen molar-refractivity contribution in [3.05, 3.63) is 22.4 Å². The number of hydrogen-bond donors (Lipinski definition) is 0. The first-order valence-electron chi connectivity index (χ1n) is 8.25. The lowest BCUT2D eigenvalue weighted by molar-refractivity contribution is -0.127. The minimum Gasteiger partial charge on any atom is -0.300 e. The Kier molecular flexibility index (Phi) is 3.25. The smallest absolute Gasteiger partial charge is 0.133 e. The van der Waals surface area contributed by atoms with Crippen LogP contribution in [0, 0.1) is 23.2 Å². The first-order chi connectivity index (χ1) is 9.71. The Labute approximate surface area is 125 Å². The highest BCUT2D eigenvalue weighted by atomic mass is 32.1. The summed E-state index contributed by atoms with van der Waals surface area (Å²) in [7, 11) is 0. The van der Waals surface area contributed by atoms with Gasteiger partial charge in [-0.1, -0.05) is 6.07 Å².